The second kappa shape index (κ2) is 3.72. The van der Waals surface area contributed by atoms with E-state index in [9.17, 15) is 4.79 Å². The number of hydrogen-bond donors (Lipinski definition) is 0. The van der Waals surface area contributed by atoms with Gasteiger partial charge >= 0.3 is 0 Å². The standard InChI is InChI=1S/C9H9BrO2/c1-6(2)5-8(11)9-7(10)3-4-12-9/h3-4H,1,5H2,2H3. The Bertz CT molecular complexity index is 312. The Morgan fingerprint density at radius 3 is 2.83 bits per heavy atom. The van der Waals surface area contributed by atoms with Gasteiger partial charge in [0.15, 0.2) is 5.76 Å². The minimum atomic E-state index is -0.0422. The molecule has 0 N–H and O–H groups in total. The summed E-state index contributed by atoms with van der Waals surface area (Å²) in [5.41, 5.74) is 0.836. The lowest BCUT2D eigenvalue weighted by molar-refractivity contribution is 0.0965. The molecular formula is C9H9BrO2. The van der Waals surface area contributed by atoms with Crippen molar-refractivity contribution in [3.05, 3.63) is 34.7 Å². The Kier molecular flexibility index (Phi) is 2.87. The number of hydrogen-bond acceptors (Lipinski definition) is 2. The first-order valence-electron chi connectivity index (χ1n) is 3.52. The molecule has 1 aromatic heterocycles. The molecule has 0 unspecified atom stereocenters. The van der Waals surface area contributed by atoms with Crippen LogP contribution in [0.2, 0.25) is 0 Å². The van der Waals surface area contributed by atoms with E-state index >= 15 is 0 Å². The largest absolute Gasteiger partial charge is 0.460 e. The van der Waals surface area contributed by atoms with Gasteiger partial charge in [0.25, 0.3) is 0 Å². The number of furan rings is 1. The molecule has 1 rings (SSSR count). The van der Waals surface area contributed by atoms with Crippen molar-refractivity contribution in [3.8, 4) is 0 Å². The van der Waals surface area contributed by atoms with Crippen molar-refractivity contribution in [2.24, 2.45) is 0 Å². The summed E-state index contributed by atoms with van der Waals surface area (Å²) in [7, 11) is 0. The van der Waals surface area contributed by atoms with E-state index in [4.69, 9.17) is 4.42 Å². The molecule has 0 atom stereocenters. The molecule has 12 heavy (non-hydrogen) atoms. The first kappa shape index (κ1) is 9.26. The molecular weight excluding hydrogens is 220 g/mol. The number of halogens is 1. The summed E-state index contributed by atoms with van der Waals surface area (Å²) in [5.74, 6) is 0.331. The van der Waals surface area contributed by atoms with Crippen LogP contribution < -0.4 is 0 Å². The number of rotatable bonds is 3. The maximum atomic E-state index is 11.4. The molecule has 0 amide bonds. The van der Waals surface area contributed by atoms with E-state index in [0.717, 1.165) is 5.57 Å². The number of carbonyl (C=O) groups is 1. The highest BCUT2D eigenvalue weighted by molar-refractivity contribution is 9.10. The molecule has 0 bridgehead atoms. The summed E-state index contributed by atoms with van der Waals surface area (Å²) in [6, 6.07) is 1.70. The Morgan fingerprint density at radius 2 is 2.42 bits per heavy atom. The van der Waals surface area contributed by atoms with Crippen LogP contribution in [0, 0.1) is 0 Å². The van der Waals surface area contributed by atoms with E-state index in [1.807, 2.05) is 6.92 Å². The van der Waals surface area contributed by atoms with Gasteiger partial charge in [-0.2, -0.15) is 0 Å². The summed E-state index contributed by atoms with van der Waals surface area (Å²) >= 11 is 3.21. The Balaban J connectivity index is 2.78. The smallest absolute Gasteiger partial charge is 0.203 e. The Morgan fingerprint density at radius 1 is 1.75 bits per heavy atom. The molecule has 0 fully saturated rings. The van der Waals surface area contributed by atoms with Crippen LogP contribution in [0.4, 0.5) is 0 Å². The van der Waals surface area contributed by atoms with Gasteiger partial charge in [0.05, 0.1) is 10.7 Å². The van der Waals surface area contributed by atoms with Crippen molar-refractivity contribution in [1.82, 2.24) is 0 Å². The monoisotopic (exact) mass is 228 g/mol. The lowest BCUT2D eigenvalue weighted by Gasteiger charge is -1.95. The Labute approximate surface area is 79.4 Å². The quantitative estimate of drug-likeness (QED) is 0.588. The van der Waals surface area contributed by atoms with Gasteiger partial charge in [0, 0.05) is 6.42 Å². The summed E-state index contributed by atoms with van der Waals surface area (Å²) in [4.78, 5) is 11.4. The Hall–Kier alpha value is -0.830. The van der Waals surface area contributed by atoms with Gasteiger partial charge < -0.3 is 4.42 Å². The first-order valence-corrected chi connectivity index (χ1v) is 4.31. The number of allylic oxidation sites excluding steroid dienone is 1. The first-order chi connectivity index (χ1) is 5.61. The maximum absolute atomic E-state index is 11.4. The SMILES string of the molecule is C=C(C)CC(=O)c1occc1Br. The van der Waals surface area contributed by atoms with Gasteiger partial charge in [-0.15, -0.1) is 0 Å². The maximum Gasteiger partial charge on any atom is 0.203 e. The summed E-state index contributed by atoms with van der Waals surface area (Å²) < 4.78 is 5.69. The normalized spacial score (nSPS) is 9.83. The van der Waals surface area contributed by atoms with Gasteiger partial charge in [-0.05, 0) is 28.9 Å². The molecule has 0 aliphatic rings. The number of Topliss-reactive ketones (excluding diaryl/α,β-unsaturated/α-hetero) is 1. The van der Waals surface area contributed by atoms with E-state index in [-0.39, 0.29) is 5.78 Å². The number of ketones is 1. The van der Waals surface area contributed by atoms with E-state index in [0.29, 0.717) is 16.7 Å². The van der Waals surface area contributed by atoms with Crippen LogP contribution >= 0.6 is 15.9 Å². The zero-order chi connectivity index (χ0) is 9.14. The van der Waals surface area contributed by atoms with Crippen molar-refractivity contribution < 1.29 is 9.21 Å². The highest BCUT2D eigenvalue weighted by Gasteiger charge is 2.12. The molecule has 0 aliphatic heterocycles. The van der Waals surface area contributed by atoms with Crippen LogP contribution in [0.1, 0.15) is 23.9 Å². The van der Waals surface area contributed by atoms with Gasteiger partial charge in [-0.3, -0.25) is 4.79 Å². The van der Waals surface area contributed by atoms with Gasteiger partial charge in [0.2, 0.25) is 5.78 Å². The van der Waals surface area contributed by atoms with Crippen LogP contribution in [-0.4, -0.2) is 5.78 Å². The summed E-state index contributed by atoms with van der Waals surface area (Å²) in [5, 5.41) is 0. The van der Waals surface area contributed by atoms with Crippen LogP contribution in [0.25, 0.3) is 0 Å². The van der Waals surface area contributed by atoms with Gasteiger partial charge in [0.1, 0.15) is 0 Å². The van der Waals surface area contributed by atoms with E-state index in [1.165, 1.54) is 6.26 Å². The van der Waals surface area contributed by atoms with Crippen LogP contribution in [0.3, 0.4) is 0 Å². The second-order valence-electron chi connectivity index (χ2n) is 2.65. The highest BCUT2D eigenvalue weighted by Crippen LogP contribution is 2.20. The average molecular weight is 229 g/mol. The molecule has 64 valence electrons. The van der Waals surface area contributed by atoms with Crippen molar-refractivity contribution >= 4 is 21.7 Å². The fraction of sp³-hybridized carbons (Fsp3) is 0.222. The molecule has 0 radical (unpaired) electrons. The zero-order valence-electron chi connectivity index (χ0n) is 6.76. The summed E-state index contributed by atoms with van der Waals surface area (Å²) in [6.07, 6.45) is 1.82. The van der Waals surface area contributed by atoms with Gasteiger partial charge in [-0.25, -0.2) is 0 Å². The fourth-order valence-corrected chi connectivity index (χ4v) is 1.27. The predicted octanol–water partition coefficient (Wildman–Crippen LogP) is 3.19. The van der Waals surface area contributed by atoms with Crippen molar-refractivity contribution in [3.63, 3.8) is 0 Å². The molecule has 0 saturated heterocycles. The highest BCUT2D eigenvalue weighted by atomic mass is 79.9. The predicted molar refractivity (Wildman–Crippen MR) is 50.2 cm³/mol. The van der Waals surface area contributed by atoms with Crippen LogP contribution in [0.5, 0.6) is 0 Å². The molecule has 0 aromatic carbocycles. The van der Waals surface area contributed by atoms with E-state index < -0.39 is 0 Å². The van der Waals surface area contributed by atoms with Crippen LogP contribution in [0.15, 0.2) is 33.4 Å². The van der Waals surface area contributed by atoms with E-state index in [1.54, 1.807) is 6.07 Å². The topological polar surface area (TPSA) is 30.2 Å². The molecule has 1 aromatic rings. The molecule has 0 aliphatic carbocycles. The zero-order valence-corrected chi connectivity index (χ0v) is 8.35. The van der Waals surface area contributed by atoms with Crippen molar-refractivity contribution in [2.75, 3.05) is 0 Å². The van der Waals surface area contributed by atoms with Crippen LogP contribution in [-0.2, 0) is 0 Å². The third-order valence-corrected chi connectivity index (χ3v) is 1.96. The molecule has 0 spiro atoms. The van der Waals surface area contributed by atoms with Crippen molar-refractivity contribution in [2.45, 2.75) is 13.3 Å². The third kappa shape index (κ3) is 2.08. The average Bonchev–Trinajstić information content (AvgIpc) is 2.33. The number of carbonyl (C=O) groups excluding carboxylic acids is 1. The van der Waals surface area contributed by atoms with Gasteiger partial charge in [-0.1, -0.05) is 12.2 Å². The molecule has 2 nitrogen and oxygen atoms in total. The molecule has 1 heterocycles. The molecule has 3 heteroatoms. The summed E-state index contributed by atoms with van der Waals surface area (Å²) in [6.45, 7) is 5.47. The lowest BCUT2D eigenvalue weighted by atomic mass is 10.1. The lowest BCUT2D eigenvalue weighted by Crippen LogP contribution is -1.97. The third-order valence-electron chi connectivity index (χ3n) is 1.33. The molecule has 0 saturated carbocycles. The fourth-order valence-electron chi connectivity index (χ4n) is 0.847. The minimum absolute atomic E-state index is 0.0422. The van der Waals surface area contributed by atoms with Crippen molar-refractivity contribution in [1.29, 1.82) is 0 Å². The van der Waals surface area contributed by atoms with E-state index in [2.05, 4.69) is 22.5 Å². The second-order valence-corrected chi connectivity index (χ2v) is 3.51. The minimum Gasteiger partial charge on any atom is -0.460 e.